The number of hydrogen-bond donors (Lipinski definition) is 1. The van der Waals surface area contributed by atoms with Crippen molar-refractivity contribution >= 4 is 11.7 Å². The summed E-state index contributed by atoms with van der Waals surface area (Å²) in [6.45, 7) is 3.26. The lowest BCUT2D eigenvalue weighted by Gasteiger charge is -2.21. The van der Waals surface area contributed by atoms with Gasteiger partial charge in [-0.25, -0.2) is 14.6 Å². The quantitative estimate of drug-likeness (QED) is 0.700. The number of pyridine rings is 1. The minimum Gasteiger partial charge on any atom is -0.357 e. The molecule has 0 atom stereocenters. The summed E-state index contributed by atoms with van der Waals surface area (Å²) < 4.78 is 1.75. The summed E-state index contributed by atoms with van der Waals surface area (Å²) in [7, 11) is 0. The molecule has 0 saturated carbocycles. The molecule has 29 heavy (non-hydrogen) atoms. The number of amides is 1. The van der Waals surface area contributed by atoms with Gasteiger partial charge in [0.2, 0.25) is 0 Å². The Hall–Kier alpha value is -3.22. The Bertz CT molecular complexity index is 897. The van der Waals surface area contributed by atoms with Crippen molar-refractivity contribution in [2.45, 2.75) is 38.8 Å². The van der Waals surface area contributed by atoms with Crippen LogP contribution in [0.4, 0.5) is 5.82 Å². The molecule has 7 nitrogen and oxygen atoms in total. The number of nitrogens with zero attached hydrogens (tertiary/aromatic N) is 5. The Balaban J connectivity index is 1.29. The highest BCUT2D eigenvalue weighted by Gasteiger charge is 2.11. The summed E-state index contributed by atoms with van der Waals surface area (Å²) >= 11 is 0. The monoisotopic (exact) mass is 390 g/mol. The van der Waals surface area contributed by atoms with Crippen molar-refractivity contribution in [1.29, 1.82) is 0 Å². The zero-order valence-corrected chi connectivity index (χ0v) is 16.5. The van der Waals surface area contributed by atoms with Crippen molar-refractivity contribution in [2.75, 3.05) is 18.0 Å². The van der Waals surface area contributed by atoms with E-state index in [1.54, 1.807) is 11.0 Å². The van der Waals surface area contributed by atoms with E-state index >= 15 is 0 Å². The Labute approximate surface area is 170 Å². The molecule has 1 aliphatic rings. The molecule has 0 unspecified atom stereocenters. The SMILES string of the molecule is O=C(NCc1ccc(N2CCCCCC2)nc1)c1ccc(Cn2cncn2)cc1. The van der Waals surface area contributed by atoms with Crippen LogP contribution in [0.2, 0.25) is 0 Å². The van der Waals surface area contributed by atoms with E-state index in [-0.39, 0.29) is 5.91 Å². The average molecular weight is 390 g/mol. The topological polar surface area (TPSA) is 75.9 Å². The number of aromatic nitrogens is 4. The molecule has 7 heteroatoms. The van der Waals surface area contributed by atoms with Crippen molar-refractivity contribution in [3.05, 3.63) is 71.9 Å². The van der Waals surface area contributed by atoms with E-state index in [9.17, 15) is 4.79 Å². The molecular weight excluding hydrogens is 364 g/mol. The van der Waals surface area contributed by atoms with Crippen LogP contribution in [0.25, 0.3) is 0 Å². The Morgan fingerprint density at radius 3 is 2.38 bits per heavy atom. The van der Waals surface area contributed by atoms with Crippen LogP contribution >= 0.6 is 0 Å². The molecule has 3 heterocycles. The van der Waals surface area contributed by atoms with Crippen LogP contribution in [-0.2, 0) is 13.1 Å². The lowest BCUT2D eigenvalue weighted by Crippen LogP contribution is -2.25. The van der Waals surface area contributed by atoms with Crippen LogP contribution in [-0.4, -0.2) is 38.7 Å². The van der Waals surface area contributed by atoms with E-state index in [4.69, 9.17) is 0 Å². The minimum atomic E-state index is -0.0890. The predicted octanol–water partition coefficient (Wildman–Crippen LogP) is 3.03. The highest BCUT2D eigenvalue weighted by Crippen LogP contribution is 2.17. The molecule has 0 aliphatic carbocycles. The molecule has 3 aromatic rings. The second-order valence-corrected chi connectivity index (χ2v) is 7.40. The second kappa shape index (κ2) is 9.32. The normalized spacial score (nSPS) is 14.4. The largest absolute Gasteiger partial charge is 0.357 e. The number of benzene rings is 1. The zero-order chi connectivity index (χ0) is 19.9. The number of rotatable bonds is 6. The van der Waals surface area contributed by atoms with Gasteiger partial charge in [-0.2, -0.15) is 5.10 Å². The molecule has 1 aliphatic heterocycles. The molecular formula is C22H26N6O. The van der Waals surface area contributed by atoms with Crippen LogP contribution in [0, 0.1) is 0 Å². The molecule has 0 bridgehead atoms. The summed E-state index contributed by atoms with van der Waals surface area (Å²) in [5.41, 5.74) is 2.71. The summed E-state index contributed by atoms with van der Waals surface area (Å²) in [6, 6.07) is 11.7. The van der Waals surface area contributed by atoms with E-state index in [0.29, 0.717) is 18.7 Å². The molecule has 1 amide bonds. The van der Waals surface area contributed by atoms with Gasteiger partial charge in [0, 0.05) is 31.4 Å². The van der Waals surface area contributed by atoms with Gasteiger partial charge in [0.05, 0.1) is 6.54 Å². The Morgan fingerprint density at radius 2 is 1.72 bits per heavy atom. The Kier molecular flexibility index (Phi) is 6.14. The van der Waals surface area contributed by atoms with E-state index in [1.165, 1.54) is 32.0 Å². The maximum Gasteiger partial charge on any atom is 0.251 e. The zero-order valence-electron chi connectivity index (χ0n) is 16.5. The van der Waals surface area contributed by atoms with E-state index in [0.717, 1.165) is 30.0 Å². The fraction of sp³-hybridized carbons (Fsp3) is 0.364. The van der Waals surface area contributed by atoms with Gasteiger partial charge in [-0.3, -0.25) is 4.79 Å². The van der Waals surface area contributed by atoms with Crippen molar-refractivity contribution in [1.82, 2.24) is 25.1 Å². The van der Waals surface area contributed by atoms with Gasteiger partial charge in [-0.05, 0) is 42.2 Å². The van der Waals surface area contributed by atoms with Crippen LogP contribution in [0.5, 0.6) is 0 Å². The van der Waals surface area contributed by atoms with E-state index in [1.807, 2.05) is 30.5 Å². The summed E-state index contributed by atoms with van der Waals surface area (Å²) in [4.78, 5) is 23.3. The molecule has 1 saturated heterocycles. The molecule has 1 N–H and O–H groups in total. The standard InChI is InChI=1S/C22H26N6O/c29-22(20-8-5-18(6-9-20)15-28-17-23-16-26-28)25-14-19-7-10-21(24-13-19)27-11-3-1-2-4-12-27/h5-10,13,16-17H,1-4,11-12,14-15H2,(H,25,29). The fourth-order valence-corrected chi connectivity index (χ4v) is 3.56. The highest BCUT2D eigenvalue weighted by atomic mass is 16.1. The third kappa shape index (κ3) is 5.19. The van der Waals surface area contributed by atoms with Gasteiger partial charge >= 0.3 is 0 Å². The first-order chi connectivity index (χ1) is 14.3. The van der Waals surface area contributed by atoms with E-state index in [2.05, 4.69) is 37.4 Å². The Morgan fingerprint density at radius 1 is 0.966 bits per heavy atom. The van der Waals surface area contributed by atoms with Crippen LogP contribution in [0.15, 0.2) is 55.2 Å². The molecule has 0 spiro atoms. The summed E-state index contributed by atoms with van der Waals surface area (Å²) in [5, 5.41) is 7.06. The number of nitrogens with one attached hydrogen (secondary N) is 1. The first kappa shape index (κ1) is 19.1. The van der Waals surface area contributed by atoms with Gasteiger partial charge in [0.1, 0.15) is 18.5 Å². The van der Waals surface area contributed by atoms with Gasteiger partial charge in [0.25, 0.3) is 5.91 Å². The first-order valence-electron chi connectivity index (χ1n) is 10.2. The molecule has 2 aromatic heterocycles. The van der Waals surface area contributed by atoms with Gasteiger partial charge in [-0.15, -0.1) is 0 Å². The van der Waals surface area contributed by atoms with Crippen LogP contribution < -0.4 is 10.2 Å². The first-order valence-corrected chi connectivity index (χ1v) is 10.2. The third-order valence-corrected chi connectivity index (χ3v) is 5.22. The fourth-order valence-electron chi connectivity index (χ4n) is 3.56. The molecule has 0 radical (unpaired) electrons. The molecule has 1 fully saturated rings. The van der Waals surface area contributed by atoms with Crippen LogP contribution in [0.3, 0.4) is 0 Å². The van der Waals surface area contributed by atoms with Crippen LogP contribution in [0.1, 0.15) is 47.2 Å². The lowest BCUT2D eigenvalue weighted by molar-refractivity contribution is 0.0951. The maximum atomic E-state index is 12.4. The number of hydrogen-bond acceptors (Lipinski definition) is 5. The second-order valence-electron chi connectivity index (χ2n) is 7.40. The van der Waals surface area contributed by atoms with Crippen molar-refractivity contribution < 1.29 is 4.79 Å². The predicted molar refractivity (Wildman–Crippen MR) is 112 cm³/mol. The van der Waals surface area contributed by atoms with E-state index < -0.39 is 0 Å². The third-order valence-electron chi connectivity index (χ3n) is 5.22. The van der Waals surface area contributed by atoms with Crippen molar-refractivity contribution in [3.63, 3.8) is 0 Å². The maximum absolute atomic E-state index is 12.4. The van der Waals surface area contributed by atoms with Gasteiger partial charge in [-0.1, -0.05) is 31.0 Å². The average Bonchev–Trinajstić information content (AvgIpc) is 3.12. The van der Waals surface area contributed by atoms with Crippen molar-refractivity contribution in [2.24, 2.45) is 0 Å². The summed E-state index contributed by atoms with van der Waals surface area (Å²) in [6.07, 6.45) is 10.1. The highest BCUT2D eigenvalue weighted by molar-refractivity contribution is 5.94. The number of carbonyl (C=O) groups is 1. The van der Waals surface area contributed by atoms with Gasteiger partial charge in [0.15, 0.2) is 0 Å². The van der Waals surface area contributed by atoms with Crippen molar-refractivity contribution in [3.8, 4) is 0 Å². The summed E-state index contributed by atoms with van der Waals surface area (Å²) in [5.74, 6) is 0.943. The molecule has 4 rings (SSSR count). The molecule has 1 aromatic carbocycles. The smallest absolute Gasteiger partial charge is 0.251 e. The number of carbonyl (C=O) groups excluding carboxylic acids is 1. The lowest BCUT2D eigenvalue weighted by atomic mass is 10.1. The minimum absolute atomic E-state index is 0.0890. The molecule has 150 valence electrons. The van der Waals surface area contributed by atoms with Gasteiger partial charge < -0.3 is 10.2 Å². The number of anilines is 1.